The van der Waals surface area contributed by atoms with Crippen LogP contribution in [-0.2, 0) is 0 Å². The van der Waals surface area contributed by atoms with E-state index in [1.54, 1.807) is 0 Å². The minimum absolute atomic E-state index is 0.163. The second-order valence-corrected chi connectivity index (χ2v) is 6.95. The monoisotopic (exact) mass is 339 g/mol. The molecule has 3 N–H and O–H groups in total. The molecule has 0 bridgehead atoms. The van der Waals surface area contributed by atoms with Crippen molar-refractivity contribution >= 4 is 16.7 Å². The van der Waals surface area contributed by atoms with Gasteiger partial charge in [0.15, 0.2) is 5.96 Å². The van der Waals surface area contributed by atoms with E-state index in [9.17, 15) is 5.11 Å². The van der Waals surface area contributed by atoms with E-state index in [0.717, 1.165) is 31.8 Å². The van der Waals surface area contributed by atoms with Crippen molar-refractivity contribution in [2.75, 3.05) is 13.1 Å². The standard InChI is InChI=1S/C21H29N3O/c1-3-22-21(23-14-19-9-6-10-20(19)25)24-15(2)17-12-11-16-7-4-5-8-18(16)13-17/h4-5,7-8,11-13,15,19-20,25H,3,6,9-10,14H2,1-2H3,(H2,22,23,24). The highest BCUT2D eigenvalue weighted by molar-refractivity contribution is 5.84. The normalized spacial score (nSPS) is 22.1. The summed E-state index contributed by atoms with van der Waals surface area (Å²) in [5.41, 5.74) is 1.24. The molecule has 3 rings (SSSR count). The number of guanidine groups is 1. The number of hydrogen-bond donors (Lipinski definition) is 3. The van der Waals surface area contributed by atoms with E-state index in [-0.39, 0.29) is 12.1 Å². The van der Waals surface area contributed by atoms with Gasteiger partial charge in [-0.2, -0.15) is 0 Å². The Balaban J connectivity index is 1.69. The Kier molecular flexibility index (Phi) is 5.92. The van der Waals surface area contributed by atoms with Gasteiger partial charge in [0.1, 0.15) is 0 Å². The molecule has 0 spiro atoms. The van der Waals surface area contributed by atoms with Crippen molar-refractivity contribution in [1.29, 1.82) is 0 Å². The lowest BCUT2D eigenvalue weighted by Gasteiger charge is -2.20. The molecule has 3 unspecified atom stereocenters. The maximum Gasteiger partial charge on any atom is 0.191 e. The fourth-order valence-corrected chi connectivity index (χ4v) is 3.52. The summed E-state index contributed by atoms with van der Waals surface area (Å²) in [6, 6.07) is 15.2. The Bertz CT molecular complexity index is 728. The second-order valence-electron chi connectivity index (χ2n) is 6.95. The number of hydrogen-bond acceptors (Lipinski definition) is 2. The van der Waals surface area contributed by atoms with Gasteiger partial charge < -0.3 is 15.7 Å². The van der Waals surface area contributed by atoms with Gasteiger partial charge in [0.25, 0.3) is 0 Å². The van der Waals surface area contributed by atoms with Crippen LogP contribution in [0, 0.1) is 5.92 Å². The summed E-state index contributed by atoms with van der Waals surface area (Å²) in [4.78, 5) is 4.71. The molecule has 0 saturated heterocycles. The average Bonchev–Trinajstić information content (AvgIpc) is 3.04. The molecule has 4 nitrogen and oxygen atoms in total. The van der Waals surface area contributed by atoms with Crippen molar-refractivity contribution in [3.8, 4) is 0 Å². The average molecular weight is 339 g/mol. The van der Waals surface area contributed by atoms with E-state index < -0.39 is 0 Å². The molecule has 1 aliphatic rings. The molecule has 25 heavy (non-hydrogen) atoms. The number of nitrogens with zero attached hydrogens (tertiary/aromatic N) is 1. The van der Waals surface area contributed by atoms with Gasteiger partial charge in [-0.05, 0) is 49.1 Å². The van der Waals surface area contributed by atoms with Gasteiger partial charge in [-0.15, -0.1) is 0 Å². The van der Waals surface area contributed by atoms with E-state index in [1.807, 2.05) is 0 Å². The van der Waals surface area contributed by atoms with Gasteiger partial charge in [-0.1, -0.05) is 42.8 Å². The van der Waals surface area contributed by atoms with Crippen molar-refractivity contribution in [3.05, 3.63) is 48.0 Å². The molecule has 0 radical (unpaired) electrons. The second kappa shape index (κ2) is 8.34. The van der Waals surface area contributed by atoms with Crippen molar-refractivity contribution in [1.82, 2.24) is 10.6 Å². The topological polar surface area (TPSA) is 56.7 Å². The van der Waals surface area contributed by atoms with Crippen molar-refractivity contribution < 1.29 is 5.11 Å². The highest BCUT2D eigenvalue weighted by Gasteiger charge is 2.24. The summed E-state index contributed by atoms with van der Waals surface area (Å²) in [5.74, 6) is 1.12. The molecule has 1 aliphatic carbocycles. The van der Waals surface area contributed by atoms with Crippen molar-refractivity contribution in [2.24, 2.45) is 10.9 Å². The number of aliphatic hydroxyl groups excluding tert-OH is 1. The first-order valence-electron chi connectivity index (χ1n) is 9.39. The van der Waals surface area contributed by atoms with Gasteiger partial charge in [0, 0.05) is 19.0 Å². The first kappa shape index (κ1) is 17.7. The Hall–Kier alpha value is -2.07. The Morgan fingerprint density at radius 2 is 2.00 bits per heavy atom. The lowest BCUT2D eigenvalue weighted by Crippen LogP contribution is -2.39. The van der Waals surface area contributed by atoms with Crippen LogP contribution in [0.15, 0.2) is 47.5 Å². The van der Waals surface area contributed by atoms with Crippen LogP contribution in [0.5, 0.6) is 0 Å². The largest absolute Gasteiger partial charge is 0.393 e. The molecule has 3 atom stereocenters. The molecule has 2 aromatic carbocycles. The van der Waals surface area contributed by atoms with Crippen LogP contribution in [0.1, 0.15) is 44.7 Å². The summed E-state index contributed by atoms with van der Waals surface area (Å²) in [6.45, 7) is 5.73. The summed E-state index contributed by atoms with van der Waals surface area (Å²) >= 11 is 0. The predicted octanol–water partition coefficient (Wildman–Crippen LogP) is 3.62. The number of fused-ring (bicyclic) bond motifs is 1. The number of rotatable bonds is 5. The number of nitrogens with one attached hydrogen (secondary N) is 2. The Labute approximate surface area is 150 Å². The number of aliphatic imine (C=N–C) groups is 1. The highest BCUT2D eigenvalue weighted by Crippen LogP contribution is 2.25. The van der Waals surface area contributed by atoms with E-state index in [1.165, 1.54) is 16.3 Å². The molecule has 0 aliphatic heterocycles. The molecular formula is C21H29N3O. The molecule has 0 aromatic heterocycles. The Morgan fingerprint density at radius 1 is 1.20 bits per heavy atom. The SMILES string of the molecule is CCNC(=NCC1CCCC1O)NC(C)c1ccc2ccccc2c1. The van der Waals surface area contributed by atoms with Crippen LogP contribution >= 0.6 is 0 Å². The summed E-state index contributed by atoms with van der Waals surface area (Å²) in [5, 5.41) is 19.3. The van der Waals surface area contributed by atoms with Crippen LogP contribution in [-0.4, -0.2) is 30.3 Å². The molecule has 0 amide bonds. The van der Waals surface area contributed by atoms with Gasteiger partial charge >= 0.3 is 0 Å². The zero-order chi connectivity index (χ0) is 17.6. The third-order valence-corrected chi connectivity index (χ3v) is 5.07. The number of aliphatic hydroxyl groups is 1. The minimum atomic E-state index is -0.190. The summed E-state index contributed by atoms with van der Waals surface area (Å²) in [7, 11) is 0. The molecule has 134 valence electrons. The summed E-state index contributed by atoms with van der Waals surface area (Å²) in [6.07, 6.45) is 2.91. The first-order chi connectivity index (χ1) is 12.2. The molecule has 4 heteroatoms. The molecule has 1 fully saturated rings. The third-order valence-electron chi connectivity index (χ3n) is 5.07. The molecular weight excluding hydrogens is 310 g/mol. The predicted molar refractivity (Wildman–Crippen MR) is 105 cm³/mol. The maximum absolute atomic E-state index is 9.98. The first-order valence-corrected chi connectivity index (χ1v) is 9.39. The summed E-state index contributed by atoms with van der Waals surface area (Å²) < 4.78 is 0. The van der Waals surface area contributed by atoms with Gasteiger partial charge in [0.05, 0.1) is 12.1 Å². The smallest absolute Gasteiger partial charge is 0.191 e. The molecule has 1 saturated carbocycles. The fourth-order valence-electron chi connectivity index (χ4n) is 3.52. The highest BCUT2D eigenvalue weighted by atomic mass is 16.3. The van der Waals surface area contributed by atoms with Gasteiger partial charge in [-0.3, -0.25) is 4.99 Å². The molecule has 0 heterocycles. The zero-order valence-corrected chi connectivity index (χ0v) is 15.2. The van der Waals surface area contributed by atoms with E-state index in [0.29, 0.717) is 12.5 Å². The van der Waals surface area contributed by atoms with E-state index in [2.05, 4.69) is 66.9 Å². The van der Waals surface area contributed by atoms with Crippen LogP contribution < -0.4 is 10.6 Å². The Morgan fingerprint density at radius 3 is 2.72 bits per heavy atom. The van der Waals surface area contributed by atoms with E-state index in [4.69, 9.17) is 4.99 Å². The van der Waals surface area contributed by atoms with Crippen LogP contribution in [0.2, 0.25) is 0 Å². The maximum atomic E-state index is 9.98. The molecule has 2 aromatic rings. The lowest BCUT2D eigenvalue weighted by atomic mass is 10.0. The van der Waals surface area contributed by atoms with Gasteiger partial charge in [0.2, 0.25) is 0 Å². The third kappa shape index (κ3) is 4.51. The van der Waals surface area contributed by atoms with Crippen LogP contribution in [0.3, 0.4) is 0 Å². The van der Waals surface area contributed by atoms with Crippen molar-refractivity contribution in [2.45, 2.75) is 45.3 Å². The van der Waals surface area contributed by atoms with Crippen LogP contribution in [0.25, 0.3) is 10.8 Å². The zero-order valence-electron chi connectivity index (χ0n) is 15.2. The quantitative estimate of drug-likeness (QED) is 0.576. The van der Waals surface area contributed by atoms with Crippen LogP contribution in [0.4, 0.5) is 0 Å². The van der Waals surface area contributed by atoms with E-state index >= 15 is 0 Å². The van der Waals surface area contributed by atoms with Gasteiger partial charge in [-0.25, -0.2) is 0 Å². The minimum Gasteiger partial charge on any atom is -0.393 e. The lowest BCUT2D eigenvalue weighted by molar-refractivity contribution is 0.136. The van der Waals surface area contributed by atoms with Crippen molar-refractivity contribution in [3.63, 3.8) is 0 Å². The fraction of sp³-hybridized carbons (Fsp3) is 0.476. The number of benzene rings is 2.